The van der Waals surface area contributed by atoms with Crippen LogP contribution in [-0.4, -0.2) is 8.42 Å². The van der Waals surface area contributed by atoms with E-state index in [0.29, 0.717) is 28.3 Å². The van der Waals surface area contributed by atoms with E-state index < -0.39 is 10.0 Å². The normalized spacial score (nSPS) is 11.8. The zero-order chi connectivity index (χ0) is 15.6. The van der Waals surface area contributed by atoms with Crippen LogP contribution in [0, 0.1) is 13.8 Å². The second kappa shape index (κ2) is 6.17. The van der Waals surface area contributed by atoms with Crippen LogP contribution in [0.5, 0.6) is 0 Å². The summed E-state index contributed by atoms with van der Waals surface area (Å²) in [6, 6.07) is 7.37. The summed E-state index contributed by atoms with van der Waals surface area (Å²) in [6.07, 6.45) is 0.966. The molecule has 1 heterocycles. The number of aryl methyl sites for hydroxylation is 3. The first kappa shape index (κ1) is 16.0. The minimum atomic E-state index is -3.53. The van der Waals surface area contributed by atoms with E-state index in [1.54, 1.807) is 37.3 Å². The van der Waals surface area contributed by atoms with Gasteiger partial charge in [0.25, 0.3) is 0 Å². The maximum Gasteiger partial charge on any atom is 0.241 e. The van der Waals surface area contributed by atoms with Gasteiger partial charge in [0.2, 0.25) is 10.0 Å². The van der Waals surface area contributed by atoms with Gasteiger partial charge in [-0.15, -0.1) is 11.3 Å². The van der Waals surface area contributed by atoms with Gasteiger partial charge in [-0.2, -0.15) is 0 Å². The number of benzene rings is 1. The molecule has 1 aromatic heterocycles. The summed E-state index contributed by atoms with van der Waals surface area (Å²) in [5.41, 5.74) is 7.65. The predicted octanol–water partition coefficient (Wildman–Crippen LogP) is 2.99. The maximum absolute atomic E-state index is 12.5. The van der Waals surface area contributed by atoms with Gasteiger partial charge < -0.3 is 5.73 Å². The topological polar surface area (TPSA) is 72.2 Å². The lowest BCUT2D eigenvalue weighted by atomic mass is 10.1. The second-order valence-corrected chi connectivity index (χ2v) is 7.99. The monoisotopic (exact) mass is 324 g/mol. The Bertz CT molecular complexity index is 726. The average molecular weight is 324 g/mol. The number of hydrogen-bond donors (Lipinski definition) is 2. The molecule has 0 unspecified atom stereocenters. The highest BCUT2D eigenvalue weighted by molar-refractivity contribution is 7.89. The van der Waals surface area contributed by atoms with Crippen molar-refractivity contribution in [3.8, 4) is 0 Å². The van der Waals surface area contributed by atoms with Crippen LogP contribution < -0.4 is 10.5 Å². The molecule has 2 rings (SSSR count). The van der Waals surface area contributed by atoms with Gasteiger partial charge in [0.05, 0.1) is 4.90 Å². The van der Waals surface area contributed by atoms with Gasteiger partial charge in [0.15, 0.2) is 0 Å². The number of thiophene rings is 1. The third-order valence-electron chi connectivity index (χ3n) is 3.25. The average Bonchev–Trinajstić information content (AvgIpc) is 2.82. The molecule has 0 saturated heterocycles. The number of nitrogens with two attached hydrogens (primary N) is 1. The quantitative estimate of drug-likeness (QED) is 0.831. The minimum absolute atomic E-state index is 0.316. The number of anilines is 1. The van der Waals surface area contributed by atoms with Crippen molar-refractivity contribution in [2.24, 2.45) is 0 Å². The first-order chi connectivity index (χ1) is 9.83. The molecular formula is C15H20N2O2S2. The van der Waals surface area contributed by atoms with Gasteiger partial charge in [-0.1, -0.05) is 6.92 Å². The zero-order valence-electron chi connectivity index (χ0n) is 12.4. The Morgan fingerprint density at radius 3 is 2.24 bits per heavy atom. The highest BCUT2D eigenvalue weighted by Gasteiger charge is 2.19. The lowest BCUT2D eigenvalue weighted by molar-refractivity contribution is 0.580. The fourth-order valence-corrected chi connectivity index (χ4v) is 4.80. The van der Waals surface area contributed by atoms with E-state index in [1.165, 1.54) is 4.88 Å². The Hall–Kier alpha value is -1.37. The van der Waals surface area contributed by atoms with Gasteiger partial charge in [-0.25, -0.2) is 13.1 Å². The van der Waals surface area contributed by atoms with Crippen LogP contribution in [0.4, 0.5) is 5.69 Å². The molecule has 0 amide bonds. The number of nitrogens with one attached hydrogen (secondary N) is 1. The highest BCUT2D eigenvalue weighted by atomic mass is 32.2. The first-order valence-electron chi connectivity index (χ1n) is 6.77. The summed E-state index contributed by atoms with van der Waals surface area (Å²) >= 11 is 1.63. The second-order valence-electron chi connectivity index (χ2n) is 5.03. The van der Waals surface area contributed by atoms with E-state index in [9.17, 15) is 8.42 Å². The Kier molecular flexibility index (Phi) is 4.70. The van der Waals surface area contributed by atoms with E-state index in [2.05, 4.69) is 11.6 Å². The van der Waals surface area contributed by atoms with Gasteiger partial charge >= 0.3 is 0 Å². The Labute approximate surface area is 130 Å². The number of hydrogen-bond acceptors (Lipinski definition) is 4. The fourth-order valence-electron chi connectivity index (χ4n) is 2.35. The molecule has 4 nitrogen and oxygen atoms in total. The van der Waals surface area contributed by atoms with Crippen LogP contribution in [0.25, 0.3) is 0 Å². The molecule has 6 heteroatoms. The summed E-state index contributed by atoms with van der Waals surface area (Å²) < 4.78 is 27.6. The number of rotatable bonds is 5. The summed E-state index contributed by atoms with van der Waals surface area (Å²) in [5.74, 6) is 0. The number of nitrogen functional groups attached to an aromatic ring is 1. The molecule has 114 valence electrons. The largest absolute Gasteiger partial charge is 0.399 e. The molecule has 2 aromatic rings. The molecule has 0 aliphatic carbocycles. The van der Waals surface area contributed by atoms with Crippen LogP contribution in [-0.2, 0) is 23.0 Å². The molecule has 0 atom stereocenters. The fraction of sp³-hybridized carbons (Fsp3) is 0.333. The Morgan fingerprint density at radius 1 is 1.14 bits per heavy atom. The van der Waals surface area contributed by atoms with E-state index in [0.717, 1.165) is 11.3 Å². The molecular weight excluding hydrogens is 304 g/mol. The first-order valence-corrected chi connectivity index (χ1v) is 9.07. The van der Waals surface area contributed by atoms with Crippen molar-refractivity contribution in [1.82, 2.24) is 4.72 Å². The number of sulfonamides is 1. The molecule has 0 spiro atoms. The molecule has 0 saturated carbocycles. The molecule has 0 fully saturated rings. The van der Waals surface area contributed by atoms with E-state index in [4.69, 9.17) is 5.73 Å². The van der Waals surface area contributed by atoms with Gasteiger partial charge in [-0.3, -0.25) is 0 Å². The van der Waals surface area contributed by atoms with Crippen molar-refractivity contribution in [2.75, 3.05) is 5.73 Å². The summed E-state index contributed by atoms with van der Waals surface area (Å²) in [6.45, 7) is 5.92. The van der Waals surface area contributed by atoms with Gasteiger partial charge in [0, 0.05) is 22.0 Å². The standard InChI is InChI=1S/C15H20N2O2S2/c1-4-13-5-6-14(20-13)9-17-21(18,19)15-10(2)7-12(16)8-11(15)3/h5-8,17H,4,9,16H2,1-3H3. The van der Waals surface area contributed by atoms with Crippen molar-refractivity contribution in [3.05, 3.63) is 45.1 Å². The zero-order valence-corrected chi connectivity index (χ0v) is 14.1. The third kappa shape index (κ3) is 3.64. The third-order valence-corrected chi connectivity index (χ3v) is 6.19. The van der Waals surface area contributed by atoms with Crippen molar-refractivity contribution < 1.29 is 8.42 Å². The highest BCUT2D eigenvalue weighted by Crippen LogP contribution is 2.24. The van der Waals surface area contributed by atoms with Gasteiger partial charge in [-0.05, 0) is 55.7 Å². The molecule has 0 aliphatic heterocycles. The van der Waals surface area contributed by atoms with Crippen LogP contribution >= 0.6 is 11.3 Å². The van der Waals surface area contributed by atoms with E-state index in [1.807, 2.05) is 12.1 Å². The van der Waals surface area contributed by atoms with Crippen molar-refractivity contribution in [2.45, 2.75) is 38.6 Å². The SMILES string of the molecule is CCc1ccc(CNS(=O)(=O)c2c(C)cc(N)cc2C)s1. The lowest BCUT2D eigenvalue weighted by Gasteiger charge is -2.12. The Balaban J connectivity index is 2.23. The smallest absolute Gasteiger partial charge is 0.241 e. The summed E-state index contributed by atoms with van der Waals surface area (Å²) in [4.78, 5) is 2.59. The summed E-state index contributed by atoms with van der Waals surface area (Å²) in [5, 5.41) is 0. The lowest BCUT2D eigenvalue weighted by Crippen LogP contribution is -2.24. The van der Waals surface area contributed by atoms with Crippen molar-refractivity contribution in [1.29, 1.82) is 0 Å². The van der Waals surface area contributed by atoms with E-state index >= 15 is 0 Å². The summed E-state index contributed by atoms with van der Waals surface area (Å²) in [7, 11) is -3.53. The molecule has 21 heavy (non-hydrogen) atoms. The van der Waals surface area contributed by atoms with Gasteiger partial charge in [0.1, 0.15) is 0 Å². The van der Waals surface area contributed by atoms with Crippen molar-refractivity contribution >= 4 is 27.0 Å². The Morgan fingerprint density at radius 2 is 1.71 bits per heavy atom. The van der Waals surface area contributed by atoms with Crippen LogP contribution in [0.15, 0.2) is 29.2 Å². The minimum Gasteiger partial charge on any atom is -0.399 e. The molecule has 0 aliphatic rings. The molecule has 3 N–H and O–H groups in total. The maximum atomic E-state index is 12.5. The van der Waals surface area contributed by atoms with Crippen LogP contribution in [0.1, 0.15) is 27.8 Å². The van der Waals surface area contributed by atoms with Crippen LogP contribution in [0.3, 0.4) is 0 Å². The molecule has 0 radical (unpaired) electrons. The molecule has 1 aromatic carbocycles. The van der Waals surface area contributed by atoms with Crippen molar-refractivity contribution in [3.63, 3.8) is 0 Å². The van der Waals surface area contributed by atoms with Crippen LogP contribution in [0.2, 0.25) is 0 Å². The molecule has 0 bridgehead atoms. The predicted molar refractivity (Wildman–Crippen MR) is 88.1 cm³/mol. The van der Waals surface area contributed by atoms with E-state index in [-0.39, 0.29) is 0 Å².